The quantitative estimate of drug-likeness (QED) is 0.747. The Kier molecular flexibility index (Phi) is 4.57. The highest BCUT2D eigenvalue weighted by Gasteiger charge is 2.01. The first-order valence-corrected chi connectivity index (χ1v) is 5.18. The van der Waals surface area contributed by atoms with Gasteiger partial charge in [-0.25, -0.2) is 0 Å². The van der Waals surface area contributed by atoms with E-state index in [1.165, 1.54) is 0 Å². The molecule has 0 aliphatic heterocycles. The summed E-state index contributed by atoms with van der Waals surface area (Å²) in [7, 11) is 0. The second kappa shape index (κ2) is 5.95. The standard InChI is InChI=1S/C15H16O/c1-12(2)9-10-15(16)13(3)11-14-7-5-4-6-8-14/h4-8,11,15-16H,1H2,2-3H3/b13-11+/t15-/m0/s1. The fraction of sp³-hybridized carbons (Fsp3) is 0.200. The van der Waals surface area contributed by atoms with Crippen molar-refractivity contribution in [2.45, 2.75) is 20.0 Å². The fourth-order valence-corrected chi connectivity index (χ4v) is 1.20. The maximum absolute atomic E-state index is 9.74. The van der Waals surface area contributed by atoms with Crippen molar-refractivity contribution in [2.75, 3.05) is 0 Å². The molecule has 0 radical (unpaired) electrons. The van der Waals surface area contributed by atoms with E-state index in [0.717, 1.165) is 16.7 Å². The minimum atomic E-state index is -0.725. The summed E-state index contributed by atoms with van der Waals surface area (Å²) >= 11 is 0. The van der Waals surface area contributed by atoms with Crippen LogP contribution >= 0.6 is 0 Å². The van der Waals surface area contributed by atoms with Gasteiger partial charge < -0.3 is 5.11 Å². The molecule has 0 spiro atoms. The molecule has 1 heteroatoms. The summed E-state index contributed by atoms with van der Waals surface area (Å²) in [5.74, 6) is 5.52. The fourth-order valence-electron chi connectivity index (χ4n) is 1.20. The van der Waals surface area contributed by atoms with Crippen LogP contribution in [0.2, 0.25) is 0 Å². The lowest BCUT2D eigenvalue weighted by Gasteiger charge is -2.03. The van der Waals surface area contributed by atoms with Gasteiger partial charge in [-0.15, -0.1) is 0 Å². The van der Waals surface area contributed by atoms with E-state index in [1.807, 2.05) is 50.3 Å². The summed E-state index contributed by atoms with van der Waals surface area (Å²) in [5, 5.41) is 9.74. The Morgan fingerprint density at radius 1 is 1.31 bits per heavy atom. The summed E-state index contributed by atoms with van der Waals surface area (Å²) in [4.78, 5) is 0. The van der Waals surface area contributed by atoms with Crippen LogP contribution in [-0.4, -0.2) is 11.2 Å². The molecule has 0 unspecified atom stereocenters. The number of hydrogen-bond donors (Lipinski definition) is 1. The number of aliphatic hydroxyl groups excluding tert-OH is 1. The monoisotopic (exact) mass is 212 g/mol. The van der Waals surface area contributed by atoms with Crippen molar-refractivity contribution in [1.29, 1.82) is 0 Å². The van der Waals surface area contributed by atoms with Crippen molar-refractivity contribution in [3.63, 3.8) is 0 Å². The van der Waals surface area contributed by atoms with Gasteiger partial charge >= 0.3 is 0 Å². The zero-order valence-electron chi connectivity index (χ0n) is 9.70. The molecule has 0 amide bonds. The van der Waals surface area contributed by atoms with Crippen molar-refractivity contribution in [1.82, 2.24) is 0 Å². The predicted octanol–water partition coefficient (Wildman–Crippen LogP) is 3.03. The summed E-state index contributed by atoms with van der Waals surface area (Å²) in [5.41, 5.74) is 2.66. The second-order valence-electron chi connectivity index (χ2n) is 3.75. The molecule has 1 rings (SSSR count). The highest BCUT2D eigenvalue weighted by atomic mass is 16.3. The van der Waals surface area contributed by atoms with E-state index in [-0.39, 0.29) is 0 Å². The van der Waals surface area contributed by atoms with Gasteiger partial charge in [-0.3, -0.25) is 0 Å². The Morgan fingerprint density at radius 3 is 2.50 bits per heavy atom. The van der Waals surface area contributed by atoms with E-state index < -0.39 is 6.10 Å². The van der Waals surface area contributed by atoms with Crippen molar-refractivity contribution >= 4 is 6.08 Å². The molecule has 1 nitrogen and oxygen atoms in total. The molecule has 1 aromatic carbocycles. The Bertz CT molecular complexity index is 443. The lowest BCUT2D eigenvalue weighted by atomic mass is 10.1. The van der Waals surface area contributed by atoms with Crippen LogP contribution in [0.15, 0.2) is 48.1 Å². The average molecular weight is 212 g/mol. The molecule has 16 heavy (non-hydrogen) atoms. The smallest absolute Gasteiger partial charge is 0.136 e. The van der Waals surface area contributed by atoms with E-state index in [0.29, 0.717) is 0 Å². The molecule has 0 heterocycles. The normalized spacial score (nSPS) is 12.6. The molecule has 0 aliphatic carbocycles. The molecule has 0 fully saturated rings. The molecule has 1 atom stereocenters. The highest BCUT2D eigenvalue weighted by Crippen LogP contribution is 2.09. The van der Waals surface area contributed by atoms with E-state index >= 15 is 0 Å². The third-order valence-electron chi connectivity index (χ3n) is 2.05. The third-order valence-corrected chi connectivity index (χ3v) is 2.05. The molecule has 1 aromatic rings. The van der Waals surface area contributed by atoms with E-state index in [1.54, 1.807) is 0 Å². The number of allylic oxidation sites excluding steroid dienone is 1. The van der Waals surface area contributed by atoms with Gasteiger partial charge in [0.05, 0.1) is 0 Å². The van der Waals surface area contributed by atoms with Gasteiger partial charge in [-0.05, 0) is 30.6 Å². The largest absolute Gasteiger partial charge is 0.376 e. The van der Waals surface area contributed by atoms with Crippen molar-refractivity contribution < 1.29 is 5.11 Å². The molecule has 0 saturated heterocycles. The molecular weight excluding hydrogens is 196 g/mol. The number of benzene rings is 1. The first-order chi connectivity index (χ1) is 7.59. The summed E-state index contributed by atoms with van der Waals surface area (Å²) in [6.07, 6.45) is 1.20. The van der Waals surface area contributed by atoms with E-state index in [9.17, 15) is 5.11 Å². The van der Waals surface area contributed by atoms with Crippen LogP contribution in [0.3, 0.4) is 0 Å². The van der Waals surface area contributed by atoms with Gasteiger partial charge in [0, 0.05) is 0 Å². The van der Waals surface area contributed by atoms with Crippen molar-refractivity contribution in [3.05, 3.63) is 53.6 Å². The Labute approximate surface area is 97.1 Å². The first-order valence-electron chi connectivity index (χ1n) is 5.18. The maximum atomic E-state index is 9.74. The summed E-state index contributed by atoms with van der Waals surface area (Å²) < 4.78 is 0. The van der Waals surface area contributed by atoms with Gasteiger partial charge in [0.25, 0.3) is 0 Å². The number of rotatable bonds is 2. The van der Waals surface area contributed by atoms with E-state index in [4.69, 9.17) is 0 Å². The van der Waals surface area contributed by atoms with Crippen LogP contribution in [0.1, 0.15) is 19.4 Å². The van der Waals surface area contributed by atoms with Gasteiger partial charge in [0.1, 0.15) is 6.10 Å². The minimum absolute atomic E-state index is 0.725. The molecule has 0 aliphatic rings. The van der Waals surface area contributed by atoms with Gasteiger partial charge in [0.15, 0.2) is 0 Å². The molecular formula is C15H16O. The first kappa shape index (κ1) is 12.3. The van der Waals surface area contributed by atoms with Crippen molar-refractivity contribution in [3.8, 4) is 11.8 Å². The third kappa shape index (κ3) is 4.16. The van der Waals surface area contributed by atoms with Crippen LogP contribution in [0, 0.1) is 11.8 Å². The second-order valence-corrected chi connectivity index (χ2v) is 3.75. The van der Waals surface area contributed by atoms with Gasteiger partial charge in [0.2, 0.25) is 0 Å². The molecule has 0 aromatic heterocycles. The van der Waals surface area contributed by atoms with Crippen molar-refractivity contribution in [2.24, 2.45) is 0 Å². The van der Waals surface area contributed by atoms with Crippen LogP contribution in [0.5, 0.6) is 0 Å². The Balaban J connectivity index is 2.79. The average Bonchev–Trinajstić information content (AvgIpc) is 2.27. The SMILES string of the molecule is C=C(C)C#C[C@H](O)/C(C)=C/c1ccccc1. The van der Waals surface area contributed by atoms with E-state index in [2.05, 4.69) is 18.4 Å². The Hall–Kier alpha value is -1.78. The van der Waals surface area contributed by atoms with Crippen LogP contribution in [0.4, 0.5) is 0 Å². The molecule has 1 N–H and O–H groups in total. The van der Waals surface area contributed by atoms with Crippen LogP contribution < -0.4 is 0 Å². The number of hydrogen-bond acceptors (Lipinski definition) is 1. The summed E-state index contributed by atoms with van der Waals surface area (Å²) in [6.45, 7) is 7.35. The van der Waals surface area contributed by atoms with Gasteiger partial charge in [-0.2, -0.15) is 0 Å². The van der Waals surface area contributed by atoms with Crippen LogP contribution in [0.25, 0.3) is 6.08 Å². The topological polar surface area (TPSA) is 20.2 Å². The molecule has 82 valence electrons. The zero-order valence-corrected chi connectivity index (χ0v) is 9.70. The zero-order chi connectivity index (χ0) is 12.0. The van der Waals surface area contributed by atoms with Gasteiger partial charge in [-0.1, -0.05) is 54.8 Å². The molecule has 0 bridgehead atoms. The maximum Gasteiger partial charge on any atom is 0.136 e. The number of aliphatic hydroxyl groups is 1. The Morgan fingerprint density at radius 2 is 1.94 bits per heavy atom. The lowest BCUT2D eigenvalue weighted by molar-refractivity contribution is 0.269. The minimum Gasteiger partial charge on any atom is -0.376 e. The predicted molar refractivity (Wildman–Crippen MR) is 68.7 cm³/mol. The highest BCUT2D eigenvalue weighted by molar-refractivity contribution is 5.54. The summed E-state index contributed by atoms with van der Waals surface area (Å²) in [6, 6.07) is 9.87. The molecule has 0 saturated carbocycles. The lowest BCUT2D eigenvalue weighted by Crippen LogP contribution is -2.04. The van der Waals surface area contributed by atoms with Crippen LogP contribution in [-0.2, 0) is 0 Å².